The summed E-state index contributed by atoms with van der Waals surface area (Å²) in [6.07, 6.45) is 0.470. The second-order valence-corrected chi connectivity index (χ2v) is 7.25. The second-order valence-electron chi connectivity index (χ2n) is 5.02. The van der Waals surface area contributed by atoms with Gasteiger partial charge in [-0.15, -0.1) is 0 Å². The van der Waals surface area contributed by atoms with Crippen molar-refractivity contribution in [2.24, 2.45) is 0 Å². The minimum absolute atomic E-state index is 0.0166. The summed E-state index contributed by atoms with van der Waals surface area (Å²) in [6, 6.07) is 6.46. The van der Waals surface area contributed by atoms with Crippen molar-refractivity contribution in [3.05, 3.63) is 24.3 Å². The third-order valence-electron chi connectivity index (χ3n) is 3.28. The zero-order valence-electron chi connectivity index (χ0n) is 12.4. The van der Waals surface area contributed by atoms with Crippen LogP contribution in [0, 0.1) is 0 Å². The van der Waals surface area contributed by atoms with Gasteiger partial charge in [0.1, 0.15) is 18.1 Å². The molecular weight excluding hydrogens is 308 g/mol. The quantitative estimate of drug-likeness (QED) is 0.744. The van der Waals surface area contributed by atoms with Crippen LogP contribution in [0.4, 0.5) is 4.79 Å². The minimum Gasteiger partial charge on any atom is -0.497 e. The van der Waals surface area contributed by atoms with Crippen LogP contribution in [0.2, 0.25) is 0 Å². The maximum absolute atomic E-state index is 11.6. The molecule has 1 atom stereocenters. The lowest BCUT2D eigenvalue weighted by atomic mass is 10.3. The molecule has 8 heteroatoms. The van der Waals surface area contributed by atoms with Gasteiger partial charge in [0.2, 0.25) is 0 Å². The number of carbonyl (C=O) groups is 1. The van der Waals surface area contributed by atoms with Crippen molar-refractivity contribution in [3.8, 4) is 11.5 Å². The van der Waals surface area contributed by atoms with E-state index in [0.29, 0.717) is 25.3 Å². The van der Waals surface area contributed by atoms with Gasteiger partial charge < -0.3 is 20.1 Å². The highest BCUT2D eigenvalue weighted by molar-refractivity contribution is 7.91. The second kappa shape index (κ2) is 7.35. The van der Waals surface area contributed by atoms with Crippen LogP contribution in [0.5, 0.6) is 11.5 Å². The summed E-state index contributed by atoms with van der Waals surface area (Å²) in [5.74, 6) is 1.59. The SMILES string of the molecule is COc1ccc(OCCNC(=O)NC2CCS(=O)(=O)C2)cc1. The first-order valence-corrected chi connectivity index (χ1v) is 8.82. The van der Waals surface area contributed by atoms with Crippen molar-refractivity contribution < 1.29 is 22.7 Å². The van der Waals surface area contributed by atoms with Gasteiger partial charge in [0.25, 0.3) is 0 Å². The van der Waals surface area contributed by atoms with Crippen LogP contribution >= 0.6 is 0 Å². The molecule has 0 spiro atoms. The number of sulfone groups is 1. The number of carbonyl (C=O) groups excluding carboxylic acids is 1. The Morgan fingerprint density at radius 1 is 1.27 bits per heavy atom. The molecule has 2 N–H and O–H groups in total. The Hall–Kier alpha value is -1.96. The van der Waals surface area contributed by atoms with E-state index in [4.69, 9.17) is 9.47 Å². The molecule has 1 fully saturated rings. The highest BCUT2D eigenvalue weighted by Gasteiger charge is 2.28. The van der Waals surface area contributed by atoms with Crippen LogP contribution in [0.1, 0.15) is 6.42 Å². The van der Waals surface area contributed by atoms with Crippen molar-refractivity contribution >= 4 is 15.9 Å². The number of methoxy groups -OCH3 is 1. The molecule has 0 aliphatic carbocycles. The first kappa shape index (κ1) is 16.4. The fourth-order valence-electron chi connectivity index (χ4n) is 2.15. The zero-order valence-corrected chi connectivity index (χ0v) is 13.2. The van der Waals surface area contributed by atoms with Gasteiger partial charge in [-0.1, -0.05) is 0 Å². The van der Waals surface area contributed by atoms with Crippen LogP contribution in [0.15, 0.2) is 24.3 Å². The van der Waals surface area contributed by atoms with Gasteiger partial charge in [-0.05, 0) is 30.7 Å². The Morgan fingerprint density at radius 3 is 2.55 bits per heavy atom. The molecule has 0 saturated carbocycles. The van der Waals surface area contributed by atoms with Gasteiger partial charge >= 0.3 is 6.03 Å². The lowest BCUT2D eigenvalue weighted by Crippen LogP contribution is -2.43. The molecule has 1 saturated heterocycles. The molecule has 1 aliphatic heterocycles. The third-order valence-corrected chi connectivity index (χ3v) is 5.05. The van der Waals surface area contributed by atoms with E-state index in [2.05, 4.69) is 10.6 Å². The number of amides is 2. The standard InChI is InChI=1S/C14H20N2O5S/c1-20-12-2-4-13(5-3-12)21-8-7-15-14(17)16-11-6-9-22(18,19)10-11/h2-5,11H,6-10H2,1H3,(H2,15,16,17). The Kier molecular flexibility index (Phi) is 5.48. The molecule has 1 aromatic carbocycles. The normalized spacial score (nSPS) is 19.4. The molecule has 0 aromatic heterocycles. The first-order valence-electron chi connectivity index (χ1n) is 7.00. The summed E-state index contributed by atoms with van der Waals surface area (Å²) in [4.78, 5) is 11.6. The van der Waals surface area contributed by atoms with Gasteiger partial charge in [-0.2, -0.15) is 0 Å². The fraction of sp³-hybridized carbons (Fsp3) is 0.500. The topological polar surface area (TPSA) is 93.7 Å². The molecule has 0 radical (unpaired) electrons. The maximum atomic E-state index is 11.6. The average molecular weight is 328 g/mol. The molecule has 122 valence electrons. The van der Waals surface area contributed by atoms with Crippen molar-refractivity contribution in [3.63, 3.8) is 0 Å². The Labute approximate surface area is 129 Å². The molecule has 0 bridgehead atoms. The molecule has 1 aliphatic rings. The summed E-state index contributed by atoms with van der Waals surface area (Å²) < 4.78 is 33.1. The van der Waals surface area contributed by atoms with Crippen LogP contribution in [-0.2, 0) is 9.84 Å². The van der Waals surface area contributed by atoms with Crippen LogP contribution < -0.4 is 20.1 Å². The summed E-state index contributed by atoms with van der Waals surface area (Å²) in [6.45, 7) is 0.653. The van der Waals surface area contributed by atoms with Gasteiger partial charge in [0.15, 0.2) is 9.84 Å². The van der Waals surface area contributed by atoms with E-state index < -0.39 is 9.84 Å². The van der Waals surface area contributed by atoms with Crippen LogP contribution in [0.25, 0.3) is 0 Å². The molecule has 2 amide bonds. The molecule has 22 heavy (non-hydrogen) atoms. The van der Waals surface area contributed by atoms with E-state index in [-0.39, 0.29) is 23.6 Å². The summed E-state index contributed by atoms with van der Waals surface area (Å²) >= 11 is 0. The zero-order chi connectivity index (χ0) is 16.0. The maximum Gasteiger partial charge on any atom is 0.315 e. The van der Waals surface area contributed by atoms with Gasteiger partial charge in [-0.3, -0.25) is 0 Å². The van der Waals surface area contributed by atoms with E-state index in [1.165, 1.54) is 0 Å². The van der Waals surface area contributed by atoms with E-state index in [1.807, 2.05) is 0 Å². The number of ether oxygens (including phenoxy) is 2. The summed E-state index contributed by atoms with van der Waals surface area (Å²) in [7, 11) is -1.39. The minimum atomic E-state index is -2.99. The number of benzene rings is 1. The highest BCUT2D eigenvalue weighted by atomic mass is 32.2. The van der Waals surface area contributed by atoms with Crippen molar-refractivity contribution in [2.75, 3.05) is 31.8 Å². The molecule has 1 unspecified atom stereocenters. The third kappa shape index (κ3) is 5.10. The fourth-order valence-corrected chi connectivity index (χ4v) is 3.82. The molecule has 2 rings (SSSR count). The summed E-state index contributed by atoms with van der Waals surface area (Å²) in [5, 5.41) is 5.28. The average Bonchev–Trinajstić information content (AvgIpc) is 2.83. The van der Waals surface area contributed by atoms with Crippen molar-refractivity contribution in [2.45, 2.75) is 12.5 Å². The first-order chi connectivity index (χ1) is 10.5. The van der Waals surface area contributed by atoms with E-state index in [0.717, 1.165) is 5.75 Å². The smallest absolute Gasteiger partial charge is 0.315 e. The molecule has 1 aromatic rings. The van der Waals surface area contributed by atoms with E-state index in [9.17, 15) is 13.2 Å². The Balaban J connectivity index is 1.62. The molecular formula is C14H20N2O5S. The van der Waals surface area contributed by atoms with Crippen LogP contribution in [-0.4, -0.2) is 52.3 Å². The number of hydrogen-bond donors (Lipinski definition) is 2. The lowest BCUT2D eigenvalue weighted by molar-refractivity contribution is 0.233. The predicted octanol–water partition coefficient (Wildman–Crippen LogP) is 0.560. The molecule has 1 heterocycles. The largest absolute Gasteiger partial charge is 0.497 e. The number of urea groups is 1. The van der Waals surface area contributed by atoms with Gasteiger partial charge in [0.05, 0.1) is 25.2 Å². The lowest BCUT2D eigenvalue weighted by Gasteiger charge is -2.12. The predicted molar refractivity (Wildman–Crippen MR) is 82.1 cm³/mol. The summed E-state index contributed by atoms with van der Waals surface area (Å²) in [5.41, 5.74) is 0. The van der Waals surface area contributed by atoms with E-state index in [1.54, 1.807) is 31.4 Å². The van der Waals surface area contributed by atoms with Crippen molar-refractivity contribution in [1.29, 1.82) is 0 Å². The van der Waals surface area contributed by atoms with Crippen LogP contribution in [0.3, 0.4) is 0 Å². The number of rotatable bonds is 6. The Bertz CT molecular complexity index is 600. The van der Waals surface area contributed by atoms with Gasteiger partial charge in [0, 0.05) is 6.04 Å². The monoisotopic (exact) mass is 328 g/mol. The molecule has 7 nitrogen and oxygen atoms in total. The highest BCUT2D eigenvalue weighted by Crippen LogP contribution is 2.16. The van der Waals surface area contributed by atoms with Crippen molar-refractivity contribution in [1.82, 2.24) is 10.6 Å². The number of hydrogen-bond acceptors (Lipinski definition) is 5. The Morgan fingerprint density at radius 2 is 1.95 bits per heavy atom. The number of nitrogens with one attached hydrogen (secondary N) is 2. The van der Waals surface area contributed by atoms with Gasteiger partial charge in [-0.25, -0.2) is 13.2 Å². The van der Waals surface area contributed by atoms with E-state index >= 15 is 0 Å².